The molecule has 0 spiro atoms. The average molecular weight is 292 g/mol. The van der Waals surface area contributed by atoms with E-state index in [9.17, 15) is 4.39 Å². The number of piperazine rings is 1. The molecule has 2 heterocycles. The molecule has 0 atom stereocenters. The van der Waals surface area contributed by atoms with E-state index >= 15 is 0 Å². The van der Waals surface area contributed by atoms with Gasteiger partial charge in [0.2, 0.25) is 0 Å². The second kappa shape index (κ2) is 5.28. The highest BCUT2D eigenvalue weighted by Gasteiger charge is 2.21. The minimum absolute atomic E-state index is 0.192. The fourth-order valence-electron chi connectivity index (χ4n) is 2.45. The first-order valence-electron chi connectivity index (χ1n) is 6.62. The van der Waals surface area contributed by atoms with Crippen molar-refractivity contribution in [2.45, 2.75) is 6.92 Å². The van der Waals surface area contributed by atoms with Crippen LogP contribution < -0.4 is 15.5 Å². The lowest BCUT2D eigenvalue weighted by Crippen LogP contribution is -2.46. The van der Waals surface area contributed by atoms with E-state index in [2.05, 4.69) is 14.2 Å². The van der Waals surface area contributed by atoms with Crippen molar-refractivity contribution in [2.75, 3.05) is 41.7 Å². The van der Waals surface area contributed by atoms with Crippen molar-refractivity contribution in [3.63, 3.8) is 0 Å². The highest BCUT2D eigenvalue weighted by atomic mass is 32.1. The quantitative estimate of drug-likeness (QED) is 0.924. The van der Waals surface area contributed by atoms with Crippen molar-refractivity contribution in [1.29, 1.82) is 0 Å². The van der Waals surface area contributed by atoms with E-state index in [0.29, 0.717) is 5.82 Å². The van der Waals surface area contributed by atoms with Crippen LogP contribution in [0.5, 0.6) is 0 Å². The second-order valence-electron chi connectivity index (χ2n) is 4.95. The van der Waals surface area contributed by atoms with Gasteiger partial charge in [-0.2, -0.15) is 4.37 Å². The van der Waals surface area contributed by atoms with Crippen LogP contribution in [0.25, 0.3) is 0 Å². The van der Waals surface area contributed by atoms with E-state index in [0.717, 1.165) is 37.4 Å². The van der Waals surface area contributed by atoms with E-state index < -0.39 is 0 Å². The fraction of sp³-hybridized carbons (Fsp3) is 0.357. The van der Waals surface area contributed by atoms with Crippen LogP contribution >= 0.6 is 11.5 Å². The molecule has 1 aliphatic heterocycles. The molecule has 0 amide bonds. The number of benzene rings is 1. The van der Waals surface area contributed by atoms with Crippen molar-refractivity contribution in [3.8, 4) is 0 Å². The number of nitrogens with zero attached hydrogens (tertiary/aromatic N) is 3. The smallest absolute Gasteiger partial charge is 0.142 e. The first kappa shape index (κ1) is 13.2. The van der Waals surface area contributed by atoms with Crippen molar-refractivity contribution in [2.24, 2.45) is 0 Å². The number of anilines is 3. The maximum atomic E-state index is 12.9. The SMILES string of the molecule is Cc1c(N)nsc1N1CCN(c2ccc(F)cc2)CC1. The molecule has 0 radical (unpaired) electrons. The second-order valence-corrected chi connectivity index (χ2v) is 5.70. The van der Waals surface area contributed by atoms with Gasteiger partial charge in [0.25, 0.3) is 0 Å². The molecule has 106 valence electrons. The first-order valence-corrected chi connectivity index (χ1v) is 7.39. The van der Waals surface area contributed by atoms with Gasteiger partial charge in [-0.3, -0.25) is 0 Å². The summed E-state index contributed by atoms with van der Waals surface area (Å²) in [5.74, 6) is 0.439. The zero-order valence-electron chi connectivity index (χ0n) is 11.3. The Morgan fingerprint density at radius 2 is 1.70 bits per heavy atom. The van der Waals surface area contributed by atoms with Crippen LogP contribution in [0.4, 0.5) is 20.9 Å². The van der Waals surface area contributed by atoms with Crippen molar-refractivity contribution in [1.82, 2.24) is 4.37 Å². The highest BCUT2D eigenvalue weighted by molar-refractivity contribution is 7.10. The number of halogens is 1. The highest BCUT2D eigenvalue weighted by Crippen LogP contribution is 2.30. The average Bonchev–Trinajstić information content (AvgIpc) is 2.80. The Bertz CT molecular complexity index is 588. The molecule has 2 aromatic rings. The van der Waals surface area contributed by atoms with Crippen LogP contribution in [0.2, 0.25) is 0 Å². The number of hydrogen-bond donors (Lipinski definition) is 1. The lowest BCUT2D eigenvalue weighted by molar-refractivity contribution is 0.625. The van der Waals surface area contributed by atoms with Gasteiger partial charge in [0.1, 0.15) is 16.6 Å². The molecule has 6 heteroatoms. The van der Waals surface area contributed by atoms with Crippen LogP contribution in [0.15, 0.2) is 24.3 Å². The normalized spacial score (nSPS) is 15.7. The predicted octanol–water partition coefficient (Wildman–Crippen LogP) is 2.50. The van der Waals surface area contributed by atoms with Crippen molar-refractivity contribution in [3.05, 3.63) is 35.6 Å². The molecular weight excluding hydrogens is 275 g/mol. The minimum Gasteiger partial charge on any atom is -0.383 e. The van der Waals surface area contributed by atoms with Gasteiger partial charge < -0.3 is 15.5 Å². The summed E-state index contributed by atoms with van der Waals surface area (Å²) >= 11 is 1.46. The van der Waals surface area contributed by atoms with Crippen molar-refractivity contribution < 1.29 is 4.39 Å². The summed E-state index contributed by atoms with van der Waals surface area (Å²) in [7, 11) is 0. The van der Waals surface area contributed by atoms with Gasteiger partial charge in [0.05, 0.1) is 0 Å². The Hall–Kier alpha value is -1.82. The lowest BCUT2D eigenvalue weighted by Gasteiger charge is -2.36. The molecule has 1 aliphatic rings. The molecule has 1 fully saturated rings. The van der Waals surface area contributed by atoms with E-state index in [1.165, 1.54) is 28.7 Å². The molecule has 4 nitrogen and oxygen atoms in total. The standard InChI is InChI=1S/C14H17FN4S/c1-10-13(16)17-20-14(10)19-8-6-18(7-9-19)12-4-2-11(15)3-5-12/h2-5H,6-9H2,1H3,(H2,16,17). The van der Waals surface area contributed by atoms with Crippen LogP contribution in [0, 0.1) is 12.7 Å². The van der Waals surface area contributed by atoms with Gasteiger partial charge in [-0.15, -0.1) is 0 Å². The number of nitrogen functional groups attached to an aromatic ring is 1. The molecule has 1 aromatic carbocycles. The third-order valence-electron chi connectivity index (χ3n) is 3.69. The summed E-state index contributed by atoms with van der Waals surface area (Å²) < 4.78 is 17.1. The number of aromatic nitrogens is 1. The zero-order chi connectivity index (χ0) is 14.1. The van der Waals surface area contributed by atoms with E-state index in [1.807, 2.05) is 19.1 Å². The van der Waals surface area contributed by atoms with Crippen LogP contribution in [0.1, 0.15) is 5.56 Å². The Labute approximate surface area is 121 Å². The van der Waals surface area contributed by atoms with Gasteiger partial charge in [-0.05, 0) is 42.7 Å². The molecular formula is C14H17FN4S. The molecule has 0 saturated carbocycles. The Morgan fingerprint density at radius 3 is 2.25 bits per heavy atom. The maximum Gasteiger partial charge on any atom is 0.142 e. The fourth-order valence-corrected chi connectivity index (χ4v) is 3.31. The molecule has 0 bridgehead atoms. The van der Waals surface area contributed by atoms with Gasteiger partial charge in [0, 0.05) is 37.4 Å². The van der Waals surface area contributed by atoms with Gasteiger partial charge in [-0.25, -0.2) is 4.39 Å². The Kier molecular flexibility index (Phi) is 3.48. The summed E-state index contributed by atoms with van der Waals surface area (Å²) in [5.41, 5.74) is 7.96. The molecule has 0 unspecified atom stereocenters. The zero-order valence-corrected chi connectivity index (χ0v) is 12.2. The van der Waals surface area contributed by atoms with Gasteiger partial charge in [0.15, 0.2) is 0 Å². The summed E-state index contributed by atoms with van der Waals surface area (Å²) in [6.07, 6.45) is 0. The van der Waals surface area contributed by atoms with Gasteiger partial charge in [-0.1, -0.05) is 0 Å². The van der Waals surface area contributed by atoms with Crippen molar-refractivity contribution >= 4 is 28.0 Å². The first-order chi connectivity index (χ1) is 9.65. The van der Waals surface area contributed by atoms with Crippen LogP contribution in [-0.2, 0) is 0 Å². The van der Waals surface area contributed by atoms with E-state index in [4.69, 9.17) is 5.73 Å². The summed E-state index contributed by atoms with van der Waals surface area (Å²) in [6, 6.07) is 6.69. The largest absolute Gasteiger partial charge is 0.383 e. The molecule has 0 aliphatic carbocycles. The monoisotopic (exact) mass is 292 g/mol. The third kappa shape index (κ3) is 2.43. The Morgan fingerprint density at radius 1 is 1.10 bits per heavy atom. The lowest BCUT2D eigenvalue weighted by atomic mass is 10.2. The third-order valence-corrected chi connectivity index (χ3v) is 4.72. The molecule has 2 N–H and O–H groups in total. The number of rotatable bonds is 2. The molecule has 3 rings (SSSR count). The van der Waals surface area contributed by atoms with Crippen LogP contribution in [-0.4, -0.2) is 30.6 Å². The minimum atomic E-state index is -0.192. The summed E-state index contributed by atoms with van der Waals surface area (Å²) in [5, 5.41) is 1.17. The molecule has 1 aromatic heterocycles. The number of hydrogen-bond acceptors (Lipinski definition) is 5. The Balaban J connectivity index is 1.68. The number of nitrogens with two attached hydrogens (primary N) is 1. The van der Waals surface area contributed by atoms with E-state index in [1.54, 1.807) is 0 Å². The summed E-state index contributed by atoms with van der Waals surface area (Å²) in [6.45, 7) is 5.71. The maximum absolute atomic E-state index is 12.9. The topological polar surface area (TPSA) is 45.4 Å². The molecule has 1 saturated heterocycles. The summed E-state index contributed by atoms with van der Waals surface area (Å²) in [4.78, 5) is 4.60. The predicted molar refractivity (Wildman–Crippen MR) is 82.1 cm³/mol. The van der Waals surface area contributed by atoms with E-state index in [-0.39, 0.29) is 5.82 Å². The molecule has 20 heavy (non-hydrogen) atoms. The van der Waals surface area contributed by atoms with Crippen LogP contribution in [0.3, 0.4) is 0 Å². The van der Waals surface area contributed by atoms with Gasteiger partial charge >= 0.3 is 0 Å².